The predicted octanol–water partition coefficient (Wildman–Crippen LogP) is 2.66. The molecule has 5 aliphatic carbocycles. The molecular weight excluding hydrogens is 256 g/mol. The van der Waals surface area contributed by atoms with E-state index in [1.807, 2.05) is 0 Å². The highest BCUT2D eigenvalue weighted by molar-refractivity contribution is 9.10. The summed E-state index contributed by atoms with van der Waals surface area (Å²) in [7, 11) is 0. The van der Waals surface area contributed by atoms with Gasteiger partial charge >= 0.3 is 5.97 Å². The van der Waals surface area contributed by atoms with Crippen LogP contribution in [0.25, 0.3) is 0 Å². The van der Waals surface area contributed by atoms with Crippen LogP contribution in [0.5, 0.6) is 0 Å². The van der Waals surface area contributed by atoms with Crippen molar-refractivity contribution in [3.63, 3.8) is 0 Å². The predicted molar refractivity (Wildman–Crippen MR) is 58.8 cm³/mol. The van der Waals surface area contributed by atoms with Gasteiger partial charge in [0, 0.05) is 4.32 Å². The van der Waals surface area contributed by atoms with Gasteiger partial charge in [0.1, 0.15) is 0 Å². The van der Waals surface area contributed by atoms with E-state index in [0.29, 0.717) is 11.8 Å². The maximum absolute atomic E-state index is 11.6. The normalized spacial score (nSPS) is 64.1. The molecule has 82 valence electrons. The highest BCUT2D eigenvalue weighted by atomic mass is 79.9. The molecule has 6 bridgehead atoms. The molecule has 5 aliphatic rings. The Labute approximate surface area is 97.6 Å². The van der Waals surface area contributed by atoms with E-state index >= 15 is 0 Å². The fraction of sp³-hybridized carbons (Fsp3) is 0.917. The van der Waals surface area contributed by atoms with Crippen molar-refractivity contribution >= 4 is 21.9 Å². The molecule has 5 fully saturated rings. The van der Waals surface area contributed by atoms with E-state index in [0.717, 1.165) is 24.7 Å². The fourth-order valence-corrected chi connectivity index (χ4v) is 7.03. The first kappa shape index (κ1) is 9.03. The van der Waals surface area contributed by atoms with Gasteiger partial charge in [0.25, 0.3) is 0 Å². The molecule has 0 saturated heterocycles. The lowest BCUT2D eigenvalue weighted by Crippen LogP contribution is -2.55. The molecule has 6 unspecified atom stereocenters. The van der Waals surface area contributed by atoms with Gasteiger partial charge in [0.2, 0.25) is 0 Å². The molecule has 0 spiro atoms. The van der Waals surface area contributed by atoms with E-state index in [2.05, 4.69) is 15.9 Å². The van der Waals surface area contributed by atoms with Gasteiger partial charge in [-0.3, -0.25) is 4.79 Å². The Balaban J connectivity index is 1.90. The Kier molecular flexibility index (Phi) is 1.38. The van der Waals surface area contributed by atoms with E-state index in [4.69, 9.17) is 0 Å². The lowest BCUT2D eigenvalue weighted by atomic mass is 9.53. The zero-order chi connectivity index (χ0) is 10.4. The fourth-order valence-electron chi connectivity index (χ4n) is 5.74. The summed E-state index contributed by atoms with van der Waals surface area (Å²) in [6.45, 7) is 0. The highest BCUT2D eigenvalue weighted by Gasteiger charge is 2.73. The first-order chi connectivity index (χ1) is 7.04. The monoisotopic (exact) mass is 270 g/mol. The summed E-state index contributed by atoms with van der Waals surface area (Å²) < 4.78 is 0.181. The molecule has 0 aromatic rings. The van der Waals surface area contributed by atoms with Crippen LogP contribution in [0.3, 0.4) is 0 Å². The van der Waals surface area contributed by atoms with Gasteiger partial charge in [-0.15, -0.1) is 0 Å². The molecule has 0 amide bonds. The van der Waals surface area contributed by atoms with E-state index < -0.39 is 5.97 Å². The van der Waals surface area contributed by atoms with Gasteiger partial charge in [-0.2, -0.15) is 0 Å². The molecule has 0 radical (unpaired) electrons. The molecule has 6 atom stereocenters. The van der Waals surface area contributed by atoms with Crippen LogP contribution in [0.4, 0.5) is 0 Å². The Morgan fingerprint density at radius 1 is 1.27 bits per heavy atom. The van der Waals surface area contributed by atoms with Crippen LogP contribution in [0, 0.1) is 29.1 Å². The Hall–Kier alpha value is -0.0500. The summed E-state index contributed by atoms with van der Waals surface area (Å²) in [5.74, 6) is 2.20. The average Bonchev–Trinajstić information content (AvgIpc) is 2.50. The zero-order valence-electron chi connectivity index (χ0n) is 8.58. The van der Waals surface area contributed by atoms with Gasteiger partial charge < -0.3 is 5.11 Å². The maximum Gasteiger partial charge on any atom is 0.309 e. The van der Waals surface area contributed by atoms with Crippen LogP contribution in [-0.2, 0) is 4.79 Å². The van der Waals surface area contributed by atoms with Gasteiger partial charge in [0.15, 0.2) is 0 Å². The summed E-state index contributed by atoms with van der Waals surface area (Å²) >= 11 is 3.86. The summed E-state index contributed by atoms with van der Waals surface area (Å²) in [5.41, 5.74) is -0.335. The quantitative estimate of drug-likeness (QED) is 0.744. The zero-order valence-corrected chi connectivity index (χ0v) is 10.2. The third-order valence-corrected chi connectivity index (χ3v) is 6.66. The number of aliphatic carboxylic acids is 1. The second kappa shape index (κ2) is 2.29. The summed E-state index contributed by atoms with van der Waals surface area (Å²) in [4.78, 5) is 11.6. The molecule has 15 heavy (non-hydrogen) atoms. The molecular formula is C12H15BrO2. The van der Waals surface area contributed by atoms with Crippen LogP contribution in [0.15, 0.2) is 0 Å². The van der Waals surface area contributed by atoms with E-state index in [1.54, 1.807) is 0 Å². The number of hydrogen-bond donors (Lipinski definition) is 1. The number of alkyl halides is 1. The number of hydrogen-bond acceptors (Lipinski definition) is 1. The molecule has 0 aliphatic heterocycles. The molecule has 0 aromatic heterocycles. The number of rotatable bonds is 1. The summed E-state index contributed by atoms with van der Waals surface area (Å²) in [6, 6.07) is 0. The second-order valence-corrected chi connectivity index (χ2v) is 8.03. The Morgan fingerprint density at radius 3 is 2.73 bits per heavy atom. The van der Waals surface area contributed by atoms with Crippen LogP contribution < -0.4 is 0 Å². The van der Waals surface area contributed by atoms with Crippen molar-refractivity contribution in [1.82, 2.24) is 0 Å². The number of carbonyl (C=O) groups is 1. The van der Waals surface area contributed by atoms with E-state index in [-0.39, 0.29) is 9.74 Å². The second-order valence-electron chi connectivity index (χ2n) is 6.35. The van der Waals surface area contributed by atoms with Crippen molar-refractivity contribution in [3.8, 4) is 0 Å². The van der Waals surface area contributed by atoms with Gasteiger partial charge in [-0.05, 0) is 55.8 Å². The molecule has 1 N–H and O–H groups in total. The molecule has 5 saturated carbocycles. The standard InChI is InChI=1S/C12H15BrO2/c13-11-2-7-1-6-3-12(5-11,10(14)15)9(7)8(6)4-11/h6-9H,1-5H2,(H,14,15). The Bertz CT molecular complexity index is 369. The molecule has 5 rings (SSSR count). The molecule has 3 heteroatoms. The minimum Gasteiger partial charge on any atom is -0.481 e. The highest BCUT2D eigenvalue weighted by Crippen LogP contribution is 2.76. The minimum atomic E-state index is -0.507. The van der Waals surface area contributed by atoms with Crippen LogP contribution in [0.1, 0.15) is 32.1 Å². The largest absolute Gasteiger partial charge is 0.481 e. The third-order valence-electron chi connectivity index (χ3n) is 5.73. The van der Waals surface area contributed by atoms with Crippen LogP contribution >= 0.6 is 15.9 Å². The molecule has 2 nitrogen and oxygen atoms in total. The first-order valence-corrected chi connectivity index (χ1v) is 6.76. The lowest BCUT2D eigenvalue weighted by molar-refractivity contribution is -0.161. The number of halogens is 1. The van der Waals surface area contributed by atoms with Crippen molar-refractivity contribution in [2.75, 3.05) is 0 Å². The van der Waals surface area contributed by atoms with Crippen molar-refractivity contribution in [3.05, 3.63) is 0 Å². The van der Waals surface area contributed by atoms with E-state index in [9.17, 15) is 9.90 Å². The van der Waals surface area contributed by atoms with Crippen molar-refractivity contribution < 1.29 is 9.90 Å². The summed E-state index contributed by atoms with van der Waals surface area (Å²) in [5, 5.41) is 9.57. The summed E-state index contributed by atoms with van der Waals surface area (Å²) in [6.07, 6.45) is 5.66. The number of carboxylic acids is 1. The van der Waals surface area contributed by atoms with Crippen molar-refractivity contribution in [1.29, 1.82) is 0 Å². The van der Waals surface area contributed by atoms with Crippen molar-refractivity contribution in [2.24, 2.45) is 29.1 Å². The maximum atomic E-state index is 11.6. The van der Waals surface area contributed by atoms with Crippen LogP contribution in [-0.4, -0.2) is 15.4 Å². The van der Waals surface area contributed by atoms with E-state index in [1.165, 1.54) is 19.3 Å². The minimum absolute atomic E-state index is 0.181. The van der Waals surface area contributed by atoms with Crippen molar-refractivity contribution in [2.45, 2.75) is 36.4 Å². The average molecular weight is 271 g/mol. The third kappa shape index (κ3) is 0.831. The van der Waals surface area contributed by atoms with Crippen LogP contribution in [0.2, 0.25) is 0 Å². The van der Waals surface area contributed by atoms with Gasteiger partial charge in [0.05, 0.1) is 5.41 Å². The Morgan fingerprint density at radius 2 is 2.07 bits per heavy atom. The molecule has 0 aromatic carbocycles. The topological polar surface area (TPSA) is 37.3 Å². The van der Waals surface area contributed by atoms with Gasteiger partial charge in [-0.1, -0.05) is 15.9 Å². The SMILES string of the molecule is O=C(O)C12CC3CC4CC(Br)(CC3C41)C2. The number of carboxylic acid groups (broad SMARTS) is 1. The first-order valence-electron chi connectivity index (χ1n) is 5.96. The lowest BCUT2D eigenvalue weighted by Gasteiger charge is -2.54. The van der Waals surface area contributed by atoms with Gasteiger partial charge in [-0.25, -0.2) is 0 Å². The molecule has 0 heterocycles. The smallest absolute Gasteiger partial charge is 0.309 e.